The Morgan fingerprint density at radius 2 is 2.00 bits per heavy atom. The summed E-state index contributed by atoms with van der Waals surface area (Å²) in [4.78, 5) is 11.9. The molecule has 0 atom stereocenters. The fourth-order valence-corrected chi connectivity index (χ4v) is 2.12. The van der Waals surface area contributed by atoms with Crippen LogP contribution in [0.25, 0.3) is 0 Å². The summed E-state index contributed by atoms with van der Waals surface area (Å²) in [6, 6.07) is 13.6. The van der Waals surface area contributed by atoms with Crippen LogP contribution in [0.5, 0.6) is 5.75 Å². The number of nitrogens with one attached hydrogen (secondary N) is 1. The van der Waals surface area contributed by atoms with Crippen molar-refractivity contribution in [3.8, 4) is 5.75 Å². The Labute approximate surface area is 131 Å². The molecule has 22 heavy (non-hydrogen) atoms. The van der Waals surface area contributed by atoms with E-state index in [0.29, 0.717) is 19.6 Å². The van der Waals surface area contributed by atoms with Crippen LogP contribution in [0.4, 0.5) is 5.69 Å². The number of amides is 1. The van der Waals surface area contributed by atoms with Crippen LogP contribution in [-0.4, -0.2) is 12.5 Å². The van der Waals surface area contributed by atoms with Gasteiger partial charge in [0.2, 0.25) is 5.91 Å². The number of carbonyl (C=O) groups excluding carboxylic acids is 1. The summed E-state index contributed by atoms with van der Waals surface area (Å²) in [7, 11) is 0. The SMILES string of the molecule is Cc1ccc(C)c(OCCC(=O)Nc2cccc(CN)c2)c1. The molecule has 0 saturated carbocycles. The lowest BCUT2D eigenvalue weighted by atomic mass is 10.1. The van der Waals surface area contributed by atoms with E-state index in [1.165, 1.54) is 0 Å². The van der Waals surface area contributed by atoms with Crippen LogP contribution in [0.2, 0.25) is 0 Å². The van der Waals surface area contributed by atoms with Gasteiger partial charge in [-0.1, -0.05) is 24.3 Å². The zero-order chi connectivity index (χ0) is 15.9. The molecular formula is C18H22N2O2. The second-order valence-corrected chi connectivity index (χ2v) is 5.32. The molecular weight excluding hydrogens is 276 g/mol. The lowest BCUT2D eigenvalue weighted by molar-refractivity contribution is -0.116. The van der Waals surface area contributed by atoms with E-state index in [2.05, 4.69) is 5.32 Å². The molecule has 2 aromatic carbocycles. The van der Waals surface area contributed by atoms with Crippen LogP contribution in [0.15, 0.2) is 42.5 Å². The van der Waals surface area contributed by atoms with Crippen molar-refractivity contribution in [3.63, 3.8) is 0 Å². The molecule has 0 fully saturated rings. The Bertz CT molecular complexity index is 653. The normalized spacial score (nSPS) is 10.3. The summed E-state index contributed by atoms with van der Waals surface area (Å²) in [5, 5.41) is 2.85. The summed E-state index contributed by atoms with van der Waals surface area (Å²) in [6.07, 6.45) is 0.306. The highest BCUT2D eigenvalue weighted by molar-refractivity contribution is 5.90. The first kappa shape index (κ1) is 16.0. The van der Waals surface area contributed by atoms with Crippen molar-refractivity contribution in [2.45, 2.75) is 26.8 Å². The van der Waals surface area contributed by atoms with Crippen LogP contribution in [-0.2, 0) is 11.3 Å². The minimum absolute atomic E-state index is 0.0699. The molecule has 0 saturated heterocycles. The number of hydrogen-bond acceptors (Lipinski definition) is 3. The number of hydrogen-bond donors (Lipinski definition) is 2. The fourth-order valence-electron chi connectivity index (χ4n) is 2.12. The molecule has 116 valence electrons. The first-order valence-corrected chi connectivity index (χ1v) is 7.37. The second kappa shape index (κ2) is 7.61. The molecule has 3 N–H and O–H groups in total. The van der Waals surface area contributed by atoms with Gasteiger partial charge in [0, 0.05) is 12.2 Å². The molecule has 0 aliphatic rings. The molecule has 0 radical (unpaired) electrons. The van der Waals surface area contributed by atoms with Crippen molar-refractivity contribution in [1.82, 2.24) is 0 Å². The number of anilines is 1. The van der Waals surface area contributed by atoms with E-state index in [0.717, 1.165) is 28.1 Å². The van der Waals surface area contributed by atoms with Gasteiger partial charge in [0.1, 0.15) is 5.75 Å². The maximum Gasteiger partial charge on any atom is 0.227 e. The van der Waals surface area contributed by atoms with Crippen LogP contribution in [0.3, 0.4) is 0 Å². The Balaban J connectivity index is 1.84. The van der Waals surface area contributed by atoms with Gasteiger partial charge >= 0.3 is 0 Å². The maximum absolute atomic E-state index is 11.9. The van der Waals surface area contributed by atoms with Gasteiger partial charge in [0.25, 0.3) is 0 Å². The number of rotatable bonds is 6. The third-order valence-electron chi connectivity index (χ3n) is 3.38. The smallest absolute Gasteiger partial charge is 0.227 e. The summed E-state index contributed by atoms with van der Waals surface area (Å²) in [6.45, 7) is 4.82. The number of carbonyl (C=O) groups is 1. The summed E-state index contributed by atoms with van der Waals surface area (Å²) in [5.41, 5.74) is 9.55. The fraction of sp³-hybridized carbons (Fsp3) is 0.278. The van der Waals surface area contributed by atoms with E-state index in [1.807, 2.05) is 56.3 Å². The average molecular weight is 298 g/mol. The van der Waals surface area contributed by atoms with Gasteiger partial charge in [-0.2, -0.15) is 0 Å². The van der Waals surface area contributed by atoms with Crippen molar-refractivity contribution in [3.05, 3.63) is 59.2 Å². The van der Waals surface area contributed by atoms with Crippen LogP contribution >= 0.6 is 0 Å². The van der Waals surface area contributed by atoms with E-state index in [4.69, 9.17) is 10.5 Å². The maximum atomic E-state index is 11.9. The molecule has 1 amide bonds. The third kappa shape index (κ3) is 4.60. The molecule has 2 aromatic rings. The number of nitrogens with two attached hydrogens (primary N) is 1. The molecule has 0 bridgehead atoms. The van der Waals surface area contributed by atoms with Crippen molar-refractivity contribution in [1.29, 1.82) is 0 Å². The van der Waals surface area contributed by atoms with E-state index >= 15 is 0 Å². The Kier molecular flexibility index (Phi) is 5.55. The Morgan fingerprint density at radius 1 is 1.18 bits per heavy atom. The van der Waals surface area contributed by atoms with E-state index in [-0.39, 0.29) is 5.91 Å². The summed E-state index contributed by atoms with van der Waals surface area (Å²) in [5.74, 6) is 0.761. The van der Waals surface area contributed by atoms with Crippen molar-refractivity contribution >= 4 is 11.6 Å². The molecule has 4 heteroatoms. The van der Waals surface area contributed by atoms with Crippen molar-refractivity contribution in [2.75, 3.05) is 11.9 Å². The largest absolute Gasteiger partial charge is 0.493 e. The quantitative estimate of drug-likeness (QED) is 0.861. The first-order valence-electron chi connectivity index (χ1n) is 7.37. The van der Waals surface area contributed by atoms with Crippen LogP contribution in [0, 0.1) is 13.8 Å². The van der Waals surface area contributed by atoms with Crippen molar-refractivity contribution in [2.24, 2.45) is 5.73 Å². The van der Waals surface area contributed by atoms with Gasteiger partial charge in [-0.3, -0.25) is 4.79 Å². The predicted octanol–water partition coefficient (Wildman–Crippen LogP) is 3.17. The zero-order valence-corrected chi connectivity index (χ0v) is 13.1. The highest BCUT2D eigenvalue weighted by atomic mass is 16.5. The lowest BCUT2D eigenvalue weighted by Crippen LogP contribution is -2.15. The number of aryl methyl sites for hydroxylation is 2. The van der Waals surface area contributed by atoms with Gasteiger partial charge in [0.15, 0.2) is 0 Å². The average Bonchev–Trinajstić information content (AvgIpc) is 2.51. The van der Waals surface area contributed by atoms with E-state index in [1.54, 1.807) is 0 Å². The molecule has 0 heterocycles. The molecule has 0 aliphatic carbocycles. The highest BCUT2D eigenvalue weighted by Gasteiger charge is 2.05. The molecule has 4 nitrogen and oxygen atoms in total. The van der Waals surface area contributed by atoms with Crippen LogP contribution < -0.4 is 15.8 Å². The number of benzene rings is 2. The van der Waals surface area contributed by atoms with E-state index in [9.17, 15) is 4.79 Å². The Morgan fingerprint density at radius 3 is 2.77 bits per heavy atom. The Hall–Kier alpha value is -2.33. The van der Waals surface area contributed by atoms with Gasteiger partial charge < -0.3 is 15.8 Å². The predicted molar refractivity (Wildman–Crippen MR) is 89.0 cm³/mol. The summed E-state index contributed by atoms with van der Waals surface area (Å²) >= 11 is 0. The molecule has 0 aromatic heterocycles. The second-order valence-electron chi connectivity index (χ2n) is 5.32. The zero-order valence-electron chi connectivity index (χ0n) is 13.1. The van der Waals surface area contributed by atoms with Gasteiger partial charge in [-0.25, -0.2) is 0 Å². The third-order valence-corrected chi connectivity index (χ3v) is 3.38. The minimum Gasteiger partial charge on any atom is -0.493 e. The van der Waals surface area contributed by atoms with Gasteiger partial charge in [-0.05, 0) is 48.7 Å². The minimum atomic E-state index is -0.0699. The molecule has 0 unspecified atom stereocenters. The van der Waals surface area contributed by atoms with Crippen LogP contribution in [0.1, 0.15) is 23.1 Å². The molecule has 2 rings (SSSR count). The summed E-state index contributed by atoms with van der Waals surface area (Å²) < 4.78 is 5.69. The van der Waals surface area contributed by atoms with Gasteiger partial charge in [-0.15, -0.1) is 0 Å². The topological polar surface area (TPSA) is 64.3 Å². The lowest BCUT2D eigenvalue weighted by Gasteiger charge is -2.10. The number of ether oxygens (including phenoxy) is 1. The monoisotopic (exact) mass is 298 g/mol. The highest BCUT2D eigenvalue weighted by Crippen LogP contribution is 2.19. The van der Waals surface area contributed by atoms with Crippen molar-refractivity contribution < 1.29 is 9.53 Å². The first-order chi connectivity index (χ1) is 10.6. The standard InChI is InChI=1S/C18H22N2O2/c1-13-6-7-14(2)17(10-13)22-9-8-18(21)20-16-5-3-4-15(11-16)12-19/h3-7,10-11H,8-9,12,19H2,1-2H3,(H,20,21). The van der Waals surface area contributed by atoms with E-state index < -0.39 is 0 Å². The van der Waals surface area contributed by atoms with Gasteiger partial charge in [0.05, 0.1) is 13.0 Å². The molecule has 0 aliphatic heterocycles. The molecule has 0 spiro atoms.